The van der Waals surface area contributed by atoms with Crippen LogP contribution in [0.15, 0.2) is 0 Å². The zero-order valence-electron chi connectivity index (χ0n) is 13.2. The molecule has 3 fully saturated rings. The predicted octanol–water partition coefficient (Wildman–Crippen LogP) is 0.181. The lowest BCUT2D eigenvalue weighted by Gasteiger charge is -2.28. The fourth-order valence-electron chi connectivity index (χ4n) is 3.51. The number of carbonyl (C=O) groups is 1. The first-order valence-electron chi connectivity index (χ1n) is 8.18. The van der Waals surface area contributed by atoms with Gasteiger partial charge in [0.15, 0.2) is 9.84 Å². The van der Waals surface area contributed by atoms with Crippen LogP contribution in [0.1, 0.15) is 32.6 Å². The second-order valence-corrected chi connectivity index (χ2v) is 9.53. The van der Waals surface area contributed by atoms with E-state index in [2.05, 4.69) is 10.2 Å². The molecule has 2 heterocycles. The van der Waals surface area contributed by atoms with E-state index in [1.54, 1.807) is 0 Å². The minimum absolute atomic E-state index is 0.0505. The highest BCUT2D eigenvalue weighted by atomic mass is 32.2. The molecule has 2 atom stereocenters. The molecule has 1 N–H and O–H groups in total. The smallest absolute Gasteiger partial charge is 0.234 e. The summed E-state index contributed by atoms with van der Waals surface area (Å²) in [6.07, 6.45) is 3.90. The first-order chi connectivity index (χ1) is 10.4. The quantitative estimate of drug-likeness (QED) is 0.752. The molecule has 1 amide bonds. The van der Waals surface area contributed by atoms with Gasteiger partial charge in [-0.1, -0.05) is 0 Å². The highest BCUT2D eigenvalue weighted by Gasteiger charge is 2.40. The molecular formula is C15H26N2O4S. The van der Waals surface area contributed by atoms with Crippen molar-refractivity contribution in [3.05, 3.63) is 0 Å². The highest BCUT2D eigenvalue weighted by molar-refractivity contribution is 7.91. The summed E-state index contributed by atoms with van der Waals surface area (Å²) < 4.78 is 28.7. The first kappa shape index (κ1) is 16.2. The normalized spacial score (nSPS) is 34.2. The molecule has 3 aliphatic rings. The Labute approximate surface area is 132 Å². The molecule has 22 heavy (non-hydrogen) atoms. The van der Waals surface area contributed by atoms with E-state index >= 15 is 0 Å². The number of sulfone groups is 1. The van der Waals surface area contributed by atoms with E-state index in [0.29, 0.717) is 24.9 Å². The van der Waals surface area contributed by atoms with Crippen LogP contribution in [0.2, 0.25) is 0 Å². The molecule has 0 spiro atoms. The van der Waals surface area contributed by atoms with Crippen molar-refractivity contribution in [2.45, 2.75) is 44.2 Å². The monoisotopic (exact) mass is 330 g/mol. The summed E-state index contributed by atoms with van der Waals surface area (Å²) in [5.74, 6) is 0.711. The van der Waals surface area contributed by atoms with Gasteiger partial charge in [0.05, 0.1) is 30.2 Å². The van der Waals surface area contributed by atoms with Crippen LogP contribution in [0.3, 0.4) is 0 Å². The molecule has 0 radical (unpaired) electrons. The molecule has 0 aromatic carbocycles. The van der Waals surface area contributed by atoms with Crippen molar-refractivity contribution >= 4 is 15.7 Å². The molecule has 7 heteroatoms. The van der Waals surface area contributed by atoms with Crippen molar-refractivity contribution in [3.8, 4) is 0 Å². The number of rotatable bonds is 6. The van der Waals surface area contributed by atoms with Gasteiger partial charge in [-0.2, -0.15) is 0 Å². The van der Waals surface area contributed by atoms with Crippen LogP contribution < -0.4 is 5.32 Å². The van der Waals surface area contributed by atoms with Crippen LogP contribution in [0.4, 0.5) is 0 Å². The van der Waals surface area contributed by atoms with Gasteiger partial charge in [-0.15, -0.1) is 0 Å². The maximum absolute atomic E-state index is 12.4. The van der Waals surface area contributed by atoms with Crippen molar-refractivity contribution < 1.29 is 17.9 Å². The second kappa shape index (κ2) is 6.09. The molecule has 3 rings (SSSR count). The Bertz CT molecular complexity index is 526. The lowest BCUT2D eigenvalue weighted by Crippen LogP contribution is -2.51. The predicted molar refractivity (Wildman–Crippen MR) is 83.3 cm³/mol. The summed E-state index contributed by atoms with van der Waals surface area (Å²) >= 11 is 0. The zero-order chi connectivity index (χ0) is 15.8. The maximum Gasteiger partial charge on any atom is 0.234 e. The van der Waals surface area contributed by atoms with E-state index in [9.17, 15) is 13.2 Å². The van der Waals surface area contributed by atoms with Gasteiger partial charge in [-0.25, -0.2) is 8.42 Å². The van der Waals surface area contributed by atoms with E-state index in [1.165, 1.54) is 0 Å². The average molecular weight is 330 g/mol. The Hall–Kier alpha value is -0.660. The average Bonchev–Trinajstić information content (AvgIpc) is 3.06. The van der Waals surface area contributed by atoms with Crippen LogP contribution in [-0.4, -0.2) is 68.6 Å². The molecule has 1 saturated carbocycles. The van der Waals surface area contributed by atoms with Crippen LogP contribution >= 0.6 is 0 Å². The van der Waals surface area contributed by atoms with Gasteiger partial charge in [0.25, 0.3) is 0 Å². The van der Waals surface area contributed by atoms with Crippen molar-refractivity contribution in [1.29, 1.82) is 0 Å². The van der Waals surface area contributed by atoms with Gasteiger partial charge >= 0.3 is 0 Å². The van der Waals surface area contributed by atoms with Crippen molar-refractivity contribution in [3.63, 3.8) is 0 Å². The Balaban J connectivity index is 1.52. The van der Waals surface area contributed by atoms with Gasteiger partial charge in [-0.05, 0) is 38.5 Å². The fourth-order valence-corrected chi connectivity index (χ4v) is 5.60. The number of nitrogens with zero attached hydrogens (tertiary/aromatic N) is 1. The van der Waals surface area contributed by atoms with E-state index in [4.69, 9.17) is 4.74 Å². The molecule has 2 aliphatic heterocycles. The first-order valence-corrected chi connectivity index (χ1v) is 10.0. The van der Waals surface area contributed by atoms with E-state index in [1.807, 2.05) is 6.92 Å². The van der Waals surface area contributed by atoms with E-state index < -0.39 is 15.4 Å². The number of carbonyl (C=O) groups excluding carboxylic acids is 1. The third kappa shape index (κ3) is 4.20. The number of amides is 1. The van der Waals surface area contributed by atoms with E-state index in [0.717, 1.165) is 39.0 Å². The summed E-state index contributed by atoms with van der Waals surface area (Å²) in [5.41, 5.74) is -0.596. The fraction of sp³-hybridized carbons (Fsp3) is 0.933. The molecule has 0 bridgehead atoms. The minimum atomic E-state index is -3.00. The third-order valence-electron chi connectivity index (χ3n) is 4.87. The van der Waals surface area contributed by atoms with Gasteiger partial charge in [0.2, 0.25) is 5.91 Å². The summed E-state index contributed by atoms with van der Waals surface area (Å²) in [6, 6.07) is 0.520. The molecule has 1 aliphatic carbocycles. The largest absolute Gasteiger partial charge is 0.381 e. The minimum Gasteiger partial charge on any atom is -0.381 e. The maximum atomic E-state index is 12.4. The van der Waals surface area contributed by atoms with Gasteiger partial charge in [-0.3, -0.25) is 9.69 Å². The Morgan fingerprint density at radius 1 is 1.36 bits per heavy atom. The summed E-state index contributed by atoms with van der Waals surface area (Å²) in [5, 5.41) is 2.96. The van der Waals surface area contributed by atoms with Crippen LogP contribution in [-0.2, 0) is 19.4 Å². The summed E-state index contributed by atoms with van der Waals surface area (Å²) in [6.45, 7) is 4.73. The SMILES string of the molecule is C[C@@]1(NC(=O)CN(C[C@H]2CCOC2)C2CC2)CCS(=O)(=O)C1. The Morgan fingerprint density at radius 2 is 2.14 bits per heavy atom. The molecule has 0 unspecified atom stereocenters. The number of ether oxygens (including phenoxy) is 1. The van der Waals surface area contributed by atoms with Crippen molar-refractivity contribution in [1.82, 2.24) is 10.2 Å². The molecule has 0 aromatic heterocycles. The standard InChI is InChI=1S/C15H26N2O4S/c1-15(5-7-22(19,20)11-15)16-14(18)9-17(13-2-3-13)8-12-4-6-21-10-12/h12-13H,2-11H2,1H3,(H,16,18)/t12-,15-/m1/s1. The van der Waals surface area contributed by atoms with Crippen LogP contribution in [0, 0.1) is 5.92 Å². The molecular weight excluding hydrogens is 304 g/mol. The molecule has 126 valence electrons. The topological polar surface area (TPSA) is 75.7 Å². The number of hydrogen-bond donors (Lipinski definition) is 1. The molecule has 6 nitrogen and oxygen atoms in total. The van der Waals surface area contributed by atoms with Gasteiger partial charge in [0.1, 0.15) is 0 Å². The molecule has 2 saturated heterocycles. The van der Waals surface area contributed by atoms with Crippen LogP contribution in [0.25, 0.3) is 0 Å². The van der Waals surface area contributed by atoms with Gasteiger partial charge < -0.3 is 10.1 Å². The lowest BCUT2D eigenvalue weighted by atomic mass is 10.0. The third-order valence-corrected chi connectivity index (χ3v) is 6.77. The summed E-state index contributed by atoms with van der Waals surface area (Å²) in [4.78, 5) is 14.6. The number of hydrogen-bond acceptors (Lipinski definition) is 5. The zero-order valence-corrected chi connectivity index (χ0v) is 14.0. The van der Waals surface area contributed by atoms with Crippen LogP contribution in [0.5, 0.6) is 0 Å². The Kier molecular flexibility index (Phi) is 4.49. The molecule has 0 aromatic rings. The Morgan fingerprint density at radius 3 is 2.68 bits per heavy atom. The number of nitrogens with one attached hydrogen (secondary N) is 1. The van der Waals surface area contributed by atoms with Gasteiger partial charge in [0, 0.05) is 19.2 Å². The highest BCUT2D eigenvalue weighted by Crippen LogP contribution is 2.29. The lowest BCUT2D eigenvalue weighted by molar-refractivity contribution is -0.124. The second-order valence-electron chi connectivity index (χ2n) is 7.34. The van der Waals surface area contributed by atoms with Crippen molar-refractivity contribution in [2.75, 3.05) is 37.8 Å². The van der Waals surface area contributed by atoms with E-state index in [-0.39, 0.29) is 17.4 Å². The summed E-state index contributed by atoms with van der Waals surface area (Å²) in [7, 11) is -3.00. The van der Waals surface area contributed by atoms with Crippen molar-refractivity contribution in [2.24, 2.45) is 5.92 Å².